The third kappa shape index (κ3) is 8.53. The van der Waals surface area contributed by atoms with Crippen molar-refractivity contribution in [2.45, 2.75) is 53.4 Å². The molecule has 0 N–H and O–H groups in total. The third-order valence-corrected chi connectivity index (χ3v) is 4.61. The Labute approximate surface area is 133 Å². The average Bonchev–Trinajstić information content (AvgIpc) is 2.35. The summed E-state index contributed by atoms with van der Waals surface area (Å²) in [6, 6.07) is 0. The molecule has 0 heterocycles. The molecule has 3 heteroatoms. The molecule has 0 fully saturated rings. The van der Waals surface area contributed by atoms with Crippen molar-refractivity contribution in [2.75, 3.05) is 46.0 Å². The number of likely N-dealkylation sites (N-methyl/N-ethyl adjacent to an activating group) is 1. The molecular formula is C17H38N2S. The summed E-state index contributed by atoms with van der Waals surface area (Å²) in [5, 5.41) is 0. The molecule has 0 aromatic carbocycles. The van der Waals surface area contributed by atoms with E-state index in [2.05, 4.69) is 51.6 Å². The second-order valence-corrected chi connectivity index (χ2v) is 7.41. The van der Waals surface area contributed by atoms with Gasteiger partial charge in [-0.3, -0.25) is 0 Å². The van der Waals surface area contributed by atoms with Crippen LogP contribution < -0.4 is 0 Å². The molecule has 0 saturated heterocycles. The molecule has 0 radical (unpaired) electrons. The summed E-state index contributed by atoms with van der Waals surface area (Å²) in [4.78, 5) is 4.96. The molecule has 0 aromatic rings. The van der Waals surface area contributed by atoms with E-state index in [1.165, 1.54) is 45.3 Å². The molecule has 122 valence electrons. The van der Waals surface area contributed by atoms with Crippen LogP contribution in [0, 0.1) is 11.3 Å². The van der Waals surface area contributed by atoms with E-state index in [1.54, 1.807) is 0 Å². The fourth-order valence-electron chi connectivity index (χ4n) is 3.12. The molecule has 0 rings (SSSR count). The first-order chi connectivity index (χ1) is 9.39. The summed E-state index contributed by atoms with van der Waals surface area (Å²) in [7, 11) is 4.33. The van der Waals surface area contributed by atoms with Crippen LogP contribution in [0.1, 0.15) is 53.4 Å². The minimum atomic E-state index is 0.411. The monoisotopic (exact) mass is 302 g/mol. The second kappa shape index (κ2) is 10.9. The maximum Gasteiger partial charge on any atom is 0.0109 e. The lowest BCUT2D eigenvalue weighted by Gasteiger charge is -2.38. The van der Waals surface area contributed by atoms with Crippen LogP contribution in [0.5, 0.6) is 0 Å². The molecule has 0 aliphatic heterocycles. The van der Waals surface area contributed by atoms with Crippen LogP contribution >= 0.6 is 12.6 Å². The van der Waals surface area contributed by atoms with Gasteiger partial charge in [0.25, 0.3) is 0 Å². The zero-order valence-corrected chi connectivity index (χ0v) is 15.7. The van der Waals surface area contributed by atoms with Gasteiger partial charge in [0.15, 0.2) is 0 Å². The topological polar surface area (TPSA) is 6.48 Å². The number of rotatable bonds is 12. The maximum atomic E-state index is 4.71. The Kier molecular flexibility index (Phi) is 11.1. The molecular weight excluding hydrogens is 264 g/mol. The molecule has 20 heavy (non-hydrogen) atoms. The van der Waals surface area contributed by atoms with E-state index in [-0.39, 0.29) is 0 Å². The van der Waals surface area contributed by atoms with E-state index in [0.29, 0.717) is 5.41 Å². The Morgan fingerprint density at radius 2 is 1.55 bits per heavy atom. The van der Waals surface area contributed by atoms with Crippen molar-refractivity contribution in [2.24, 2.45) is 11.3 Å². The number of thiol groups is 1. The van der Waals surface area contributed by atoms with Crippen molar-refractivity contribution in [1.29, 1.82) is 0 Å². The van der Waals surface area contributed by atoms with Crippen molar-refractivity contribution in [3.05, 3.63) is 0 Å². The molecule has 0 amide bonds. The summed E-state index contributed by atoms with van der Waals surface area (Å²) >= 11 is 4.71. The predicted octanol–water partition coefficient (Wildman–Crippen LogP) is 4.02. The first-order valence-electron chi connectivity index (χ1n) is 8.37. The Hall–Kier alpha value is 0.270. The highest BCUT2D eigenvalue weighted by atomic mass is 32.1. The number of hydrogen-bond acceptors (Lipinski definition) is 3. The lowest BCUT2D eigenvalue weighted by atomic mass is 9.80. The quantitative estimate of drug-likeness (QED) is 0.544. The van der Waals surface area contributed by atoms with Crippen LogP contribution in [0.3, 0.4) is 0 Å². The minimum absolute atomic E-state index is 0.411. The van der Waals surface area contributed by atoms with Gasteiger partial charge < -0.3 is 9.80 Å². The van der Waals surface area contributed by atoms with Crippen LogP contribution in [-0.2, 0) is 0 Å². The molecule has 2 nitrogen and oxygen atoms in total. The summed E-state index contributed by atoms with van der Waals surface area (Å²) in [5.41, 5.74) is 0.411. The van der Waals surface area contributed by atoms with Gasteiger partial charge in [-0.1, -0.05) is 40.5 Å². The Morgan fingerprint density at radius 3 is 1.90 bits per heavy atom. The largest absolute Gasteiger partial charge is 0.308 e. The Balaban J connectivity index is 4.75. The minimum Gasteiger partial charge on any atom is -0.308 e. The fraction of sp³-hybridized carbons (Fsp3) is 1.00. The van der Waals surface area contributed by atoms with Gasteiger partial charge in [0.05, 0.1) is 0 Å². The van der Waals surface area contributed by atoms with Crippen molar-refractivity contribution in [3.8, 4) is 0 Å². The standard InChI is InChI=1S/C17H38N2S/c1-7-9-17(15-20,10-8-2)14-19(13-16(3)4)12-11-18(5)6/h16,20H,7-15H2,1-6H3. The van der Waals surface area contributed by atoms with Gasteiger partial charge >= 0.3 is 0 Å². The molecule has 0 bridgehead atoms. The zero-order chi connectivity index (χ0) is 15.6. The molecule has 0 aromatic heterocycles. The van der Waals surface area contributed by atoms with E-state index in [0.717, 1.165) is 18.2 Å². The van der Waals surface area contributed by atoms with Crippen LogP contribution in [-0.4, -0.2) is 55.8 Å². The second-order valence-electron chi connectivity index (χ2n) is 7.09. The van der Waals surface area contributed by atoms with E-state index in [9.17, 15) is 0 Å². The number of nitrogens with zero attached hydrogens (tertiary/aromatic N) is 2. The van der Waals surface area contributed by atoms with Gasteiger partial charge in [0, 0.05) is 26.2 Å². The van der Waals surface area contributed by atoms with Crippen LogP contribution in [0.25, 0.3) is 0 Å². The molecule has 0 aliphatic carbocycles. The van der Waals surface area contributed by atoms with E-state index in [4.69, 9.17) is 12.6 Å². The molecule has 0 saturated carbocycles. The molecule has 0 spiro atoms. The van der Waals surface area contributed by atoms with Gasteiger partial charge in [0.2, 0.25) is 0 Å². The summed E-state index contributed by atoms with van der Waals surface area (Å²) < 4.78 is 0. The highest BCUT2D eigenvalue weighted by Crippen LogP contribution is 2.32. The van der Waals surface area contributed by atoms with Crippen molar-refractivity contribution in [3.63, 3.8) is 0 Å². The third-order valence-electron chi connectivity index (χ3n) is 3.94. The Bertz CT molecular complexity index is 223. The SMILES string of the molecule is CCCC(CS)(CCC)CN(CCN(C)C)CC(C)C. The molecule has 0 atom stereocenters. The smallest absolute Gasteiger partial charge is 0.0109 e. The zero-order valence-electron chi connectivity index (χ0n) is 14.8. The highest BCUT2D eigenvalue weighted by molar-refractivity contribution is 7.80. The first kappa shape index (κ1) is 20.3. The lowest BCUT2D eigenvalue weighted by Crippen LogP contribution is -2.43. The highest BCUT2D eigenvalue weighted by Gasteiger charge is 2.29. The van der Waals surface area contributed by atoms with Crippen LogP contribution in [0.4, 0.5) is 0 Å². The van der Waals surface area contributed by atoms with Crippen LogP contribution in [0.2, 0.25) is 0 Å². The molecule has 0 unspecified atom stereocenters. The Morgan fingerprint density at radius 1 is 1.00 bits per heavy atom. The van der Waals surface area contributed by atoms with E-state index in [1.807, 2.05) is 0 Å². The van der Waals surface area contributed by atoms with E-state index >= 15 is 0 Å². The van der Waals surface area contributed by atoms with Gasteiger partial charge in [-0.05, 0) is 44.0 Å². The van der Waals surface area contributed by atoms with Crippen molar-refractivity contribution < 1.29 is 0 Å². The van der Waals surface area contributed by atoms with Gasteiger partial charge in [-0.25, -0.2) is 0 Å². The maximum absolute atomic E-state index is 4.71. The van der Waals surface area contributed by atoms with Crippen LogP contribution in [0.15, 0.2) is 0 Å². The summed E-state index contributed by atoms with van der Waals surface area (Å²) in [6.07, 6.45) is 5.15. The number of hydrogen-bond donors (Lipinski definition) is 1. The van der Waals surface area contributed by atoms with Gasteiger partial charge in [-0.15, -0.1) is 0 Å². The normalized spacial score (nSPS) is 12.9. The predicted molar refractivity (Wildman–Crippen MR) is 95.9 cm³/mol. The van der Waals surface area contributed by atoms with E-state index < -0.39 is 0 Å². The van der Waals surface area contributed by atoms with Crippen molar-refractivity contribution >= 4 is 12.6 Å². The van der Waals surface area contributed by atoms with Gasteiger partial charge in [-0.2, -0.15) is 12.6 Å². The first-order valence-corrected chi connectivity index (χ1v) is 9.00. The van der Waals surface area contributed by atoms with Crippen molar-refractivity contribution in [1.82, 2.24) is 9.80 Å². The summed E-state index contributed by atoms with van der Waals surface area (Å²) in [5.74, 6) is 1.75. The average molecular weight is 303 g/mol. The summed E-state index contributed by atoms with van der Waals surface area (Å²) in [6.45, 7) is 14.0. The lowest BCUT2D eigenvalue weighted by molar-refractivity contribution is 0.126. The molecule has 0 aliphatic rings. The fourth-order valence-corrected chi connectivity index (χ4v) is 3.54. The van der Waals surface area contributed by atoms with Gasteiger partial charge in [0.1, 0.15) is 0 Å².